The predicted octanol–water partition coefficient (Wildman–Crippen LogP) is 5.39. The minimum Gasteiger partial charge on any atom is -0.391 e. The Labute approximate surface area is 267 Å². The smallest absolute Gasteiger partial charge is 0.154 e. The maximum atomic E-state index is 13.0. The van der Waals surface area contributed by atoms with Gasteiger partial charge in [0.15, 0.2) is 6.29 Å². The molecule has 8 nitrogen and oxygen atoms in total. The molecule has 0 spiro atoms. The Kier molecular flexibility index (Phi) is 17.7. The number of methoxy groups -OCH3 is 2. The Morgan fingerprint density at radius 1 is 1.09 bits per heavy atom. The number of ketones is 1. The van der Waals surface area contributed by atoms with Gasteiger partial charge in [-0.05, 0) is 68.3 Å². The van der Waals surface area contributed by atoms with Crippen LogP contribution >= 0.6 is 0 Å². The van der Waals surface area contributed by atoms with E-state index >= 15 is 0 Å². The summed E-state index contributed by atoms with van der Waals surface area (Å²) in [5.74, 6) is 1.20. The second-order valence-electron chi connectivity index (χ2n) is 13.0. The summed E-state index contributed by atoms with van der Waals surface area (Å²) >= 11 is 0. The zero-order chi connectivity index (χ0) is 32.6. The molecular formula is C36H62N2O6. The molecule has 5 N–H and O–H groups in total. The van der Waals surface area contributed by atoms with Gasteiger partial charge in [0.05, 0.1) is 24.4 Å². The van der Waals surface area contributed by atoms with Crippen LogP contribution in [0.5, 0.6) is 0 Å². The van der Waals surface area contributed by atoms with Crippen LogP contribution in [0.3, 0.4) is 0 Å². The number of nitrogens with one attached hydrogen (secondary N) is 1. The third kappa shape index (κ3) is 12.5. The normalized spacial score (nSPS) is 22.4. The summed E-state index contributed by atoms with van der Waals surface area (Å²) in [6.45, 7) is 13.0. The van der Waals surface area contributed by atoms with Crippen molar-refractivity contribution in [3.8, 4) is 0 Å². The summed E-state index contributed by atoms with van der Waals surface area (Å²) in [5.41, 5.74) is 8.36. The molecule has 0 radical (unpaired) electrons. The fourth-order valence-electron chi connectivity index (χ4n) is 6.60. The van der Waals surface area contributed by atoms with Crippen molar-refractivity contribution in [2.45, 2.75) is 129 Å². The van der Waals surface area contributed by atoms with Crippen LogP contribution < -0.4 is 11.1 Å². The van der Waals surface area contributed by atoms with Crippen LogP contribution in [-0.2, 0) is 25.4 Å². The topological polar surface area (TPSA) is 123 Å². The Morgan fingerprint density at radius 2 is 1.80 bits per heavy atom. The predicted molar refractivity (Wildman–Crippen MR) is 177 cm³/mol. The molecule has 1 saturated carbocycles. The highest BCUT2D eigenvalue weighted by molar-refractivity contribution is 5.79. The van der Waals surface area contributed by atoms with Crippen molar-refractivity contribution in [1.82, 2.24) is 5.32 Å². The first-order valence-electron chi connectivity index (χ1n) is 16.8. The first-order chi connectivity index (χ1) is 21.0. The van der Waals surface area contributed by atoms with Gasteiger partial charge in [0.2, 0.25) is 0 Å². The average molecular weight is 619 g/mol. The lowest BCUT2D eigenvalue weighted by atomic mass is 9.86. The van der Waals surface area contributed by atoms with Gasteiger partial charge in [0.1, 0.15) is 5.78 Å². The molecule has 0 aliphatic heterocycles. The zero-order valence-corrected chi connectivity index (χ0v) is 28.3. The average Bonchev–Trinajstić information content (AvgIpc) is 3.48. The molecule has 2 rings (SSSR count). The van der Waals surface area contributed by atoms with Crippen molar-refractivity contribution in [3.05, 3.63) is 48.2 Å². The van der Waals surface area contributed by atoms with Crippen molar-refractivity contribution in [2.24, 2.45) is 29.4 Å². The van der Waals surface area contributed by atoms with E-state index < -0.39 is 12.4 Å². The number of carbonyl (C=O) groups is 1. The minimum atomic E-state index is -0.763. The van der Waals surface area contributed by atoms with E-state index in [4.69, 9.17) is 19.9 Å². The standard InChI is InChI=1S/C36H62N2O6/c1-8-24(3)35(37)33(42-6)23-30(39)21-28-17-18-29(20-28)36(43-7)25(4)26(5)38-31(22-27-14-11-10-12-15-27)32(40)16-13-19-44-34(41)9-2/h10-12,14-15,24-25,28-29,31-36,38,40-41H,5,8-9,13,16-23,37H2,1-4,6-7H3/t24-,25-,28?,29+,31-,32?,33?,34?,35-,36?/m0/s1. The fraction of sp³-hybridized carbons (Fsp3) is 0.750. The van der Waals surface area contributed by atoms with E-state index in [1.165, 1.54) is 0 Å². The third-order valence-corrected chi connectivity index (χ3v) is 9.78. The SMILES string of the molecule is C=C(N[C@@H](Cc1ccccc1)C(O)CCCOC(O)CC)[C@H](C)C(OC)[C@@H]1CCC(CC(=O)CC(OC)[C@@H](N)[C@@H](C)CC)C1. The molecule has 8 heteroatoms. The number of nitrogens with two attached hydrogens (primary N) is 1. The molecule has 44 heavy (non-hydrogen) atoms. The van der Waals surface area contributed by atoms with Crippen molar-refractivity contribution in [2.75, 3.05) is 20.8 Å². The maximum absolute atomic E-state index is 13.0. The first-order valence-corrected chi connectivity index (χ1v) is 16.8. The van der Waals surface area contributed by atoms with Crippen LogP contribution in [0.1, 0.15) is 91.0 Å². The number of aliphatic hydroxyl groups is 2. The summed E-state index contributed by atoms with van der Waals surface area (Å²) in [5, 5.41) is 24.4. The van der Waals surface area contributed by atoms with Gasteiger partial charge in [0, 0.05) is 51.3 Å². The molecule has 1 aliphatic rings. The van der Waals surface area contributed by atoms with E-state index in [1.807, 2.05) is 25.1 Å². The Hall–Kier alpha value is -1.81. The molecule has 1 aliphatic carbocycles. The molecule has 0 bridgehead atoms. The van der Waals surface area contributed by atoms with E-state index in [-0.39, 0.29) is 36.0 Å². The largest absolute Gasteiger partial charge is 0.391 e. The molecule has 10 atom stereocenters. The minimum absolute atomic E-state index is 0.0133. The fourth-order valence-corrected chi connectivity index (χ4v) is 6.60. The molecule has 5 unspecified atom stereocenters. The number of hydrogen-bond acceptors (Lipinski definition) is 8. The molecule has 0 aromatic heterocycles. The van der Waals surface area contributed by atoms with Gasteiger partial charge in [-0.15, -0.1) is 0 Å². The van der Waals surface area contributed by atoms with Crippen LogP contribution in [0.15, 0.2) is 42.6 Å². The number of ether oxygens (including phenoxy) is 3. The molecule has 1 aromatic rings. The summed E-state index contributed by atoms with van der Waals surface area (Å²) in [7, 11) is 3.40. The van der Waals surface area contributed by atoms with Gasteiger partial charge >= 0.3 is 0 Å². The zero-order valence-electron chi connectivity index (χ0n) is 28.3. The number of Topliss-reactive ketones (excluding diaryl/α,β-unsaturated/α-hetero) is 1. The van der Waals surface area contributed by atoms with Crippen LogP contribution in [0.25, 0.3) is 0 Å². The van der Waals surface area contributed by atoms with Crippen LogP contribution in [0.4, 0.5) is 0 Å². The van der Waals surface area contributed by atoms with Crippen molar-refractivity contribution in [1.29, 1.82) is 0 Å². The Balaban J connectivity index is 1.97. The summed E-state index contributed by atoms with van der Waals surface area (Å²) in [6, 6.07) is 9.77. The Morgan fingerprint density at radius 3 is 2.41 bits per heavy atom. The summed E-state index contributed by atoms with van der Waals surface area (Å²) in [4.78, 5) is 13.0. The van der Waals surface area contributed by atoms with E-state index in [9.17, 15) is 15.0 Å². The van der Waals surface area contributed by atoms with E-state index in [0.717, 1.165) is 36.9 Å². The maximum Gasteiger partial charge on any atom is 0.154 e. The lowest BCUT2D eigenvalue weighted by Crippen LogP contribution is -2.44. The van der Waals surface area contributed by atoms with Gasteiger partial charge in [-0.2, -0.15) is 0 Å². The van der Waals surface area contributed by atoms with Crippen molar-refractivity contribution < 1.29 is 29.2 Å². The van der Waals surface area contributed by atoms with E-state index in [1.54, 1.807) is 14.2 Å². The second-order valence-corrected chi connectivity index (χ2v) is 13.0. The highest BCUT2D eigenvalue weighted by Gasteiger charge is 2.36. The molecule has 0 heterocycles. The third-order valence-electron chi connectivity index (χ3n) is 9.78. The van der Waals surface area contributed by atoms with Crippen LogP contribution in [0.2, 0.25) is 0 Å². The lowest BCUT2D eigenvalue weighted by Gasteiger charge is -2.33. The van der Waals surface area contributed by atoms with Gasteiger partial charge in [0.25, 0.3) is 0 Å². The molecule has 0 amide bonds. The van der Waals surface area contributed by atoms with Gasteiger partial charge < -0.3 is 35.5 Å². The van der Waals surface area contributed by atoms with Crippen molar-refractivity contribution >= 4 is 5.78 Å². The number of aliphatic hydroxyl groups excluding tert-OH is 2. The monoisotopic (exact) mass is 618 g/mol. The molecule has 252 valence electrons. The van der Waals surface area contributed by atoms with Crippen LogP contribution in [0, 0.1) is 23.7 Å². The second kappa shape index (κ2) is 20.3. The van der Waals surface area contributed by atoms with Gasteiger partial charge in [-0.25, -0.2) is 0 Å². The number of benzene rings is 1. The number of rotatable bonds is 23. The van der Waals surface area contributed by atoms with Gasteiger partial charge in [-0.1, -0.05) is 71.0 Å². The lowest BCUT2D eigenvalue weighted by molar-refractivity contribution is -0.123. The highest BCUT2D eigenvalue weighted by Crippen LogP contribution is 2.39. The number of carbonyl (C=O) groups excluding carboxylic acids is 1. The number of hydrogen-bond donors (Lipinski definition) is 4. The quantitative estimate of drug-likeness (QED) is 0.0951. The molecular weight excluding hydrogens is 556 g/mol. The first kappa shape index (κ1) is 38.4. The Bertz CT molecular complexity index is 946. The summed E-state index contributed by atoms with van der Waals surface area (Å²) < 4.78 is 17.1. The van der Waals surface area contributed by atoms with Crippen molar-refractivity contribution in [3.63, 3.8) is 0 Å². The molecule has 1 fully saturated rings. The van der Waals surface area contributed by atoms with Crippen LogP contribution in [-0.4, -0.2) is 73.5 Å². The van der Waals surface area contributed by atoms with E-state index in [2.05, 4.69) is 44.8 Å². The summed E-state index contributed by atoms with van der Waals surface area (Å²) in [6.07, 6.45) is 5.54. The van der Waals surface area contributed by atoms with E-state index in [0.29, 0.717) is 62.9 Å². The van der Waals surface area contributed by atoms with Gasteiger partial charge in [-0.3, -0.25) is 4.79 Å². The molecule has 1 aromatic carbocycles. The highest BCUT2D eigenvalue weighted by atomic mass is 16.6. The molecule has 0 saturated heterocycles.